The van der Waals surface area contributed by atoms with E-state index in [1.165, 1.54) is 25.5 Å². The van der Waals surface area contributed by atoms with Gasteiger partial charge < -0.3 is 9.64 Å². The molecule has 0 N–H and O–H groups in total. The number of methoxy groups -OCH3 is 1. The first-order valence-corrected chi connectivity index (χ1v) is 10.8. The first-order chi connectivity index (χ1) is 14.0. The molecule has 1 unspecified atom stereocenters. The van der Waals surface area contributed by atoms with Gasteiger partial charge in [0.05, 0.1) is 18.7 Å². The van der Waals surface area contributed by atoms with Crippen molar-refractivity contribution in [3.63, 3.8) is 0 Å². The lowest BCUT2D eigenvalue weighted by Crippen LogP contribution is -2.23. The van der Waals surface area contributed by atoms with E-state index in [0.29, 0.717) is 5.92 Å². The molecule has 2 aromatic rings. The smallest absolute Gasteiger partial charge is 0.313 e. The van der Waals surface area contributed by atoms with Crippen LogP contribution >= 0.6 is 0 Å². The van der Waals surface area contributed by atoms with Crippen molar-refractivity contribution in [3.8, 4) is 11.3 Å². The molecule has 5 nitrogen and oxygen atoms in total. The zero-order valence-corrected chi connectivity index (χ0v) is 18.4. The van der Waals surface area contributed by atoms with Gasteiger partial charge in [0.1, 0.15) is 0 Å². The number of anilines is 1. The molecule has 1 saturated heterocycles. The molecule has 0 radical (unpaired) electrons. The maximum Gasteiger partial charge on any atom is 0.313 e. The molecule has 5 heteroatoms. The van der Waals surface area contributed by atoms with E-state index in [4.69, 9.17) is 14.7 Å². The maximum atomic E-state index is 12.6. The Kier molecular flexibility index (Phi) is 6.88. The zero-order valence-electron chi connectivity index (χ0n) is 18.4. The van der Waals surface area contributed by atoms with E-state index >= 15 is 0 Å². The molecular weight excluding hydrogens is 362 g/mol. The van der Waals surface area contributed by atoms with E-state index < -0.39 is 0 Å². The molecule has 1 aromatic heterocycles. The minimum Gasteiger partial charge on any atom is -0.469 e. The highest BCUT2D eigenvalue weighted by atomic mass is 16.5. The van der Waals surface area contributed by atoms with Crippen LogP contribution in [0.1, 0.15) is 75.1 Å². The molecule has 0 saturated carbocycles. The molecule has 1 aliphatic heterocycles. The highest BCUT2D eigenvalue weighted by molar-refractivity contribution is 5.82. The number of carbonyl (C=O) groups excluding carboxylic acids is 1. The van der Waals surface area contributed by atoms with E-state index in [1.807, 2.05) is 6.92 Å². The van der Waals surface area contributed by atoms with Gasteiger partial charge in [0.15, 0.2) is 0 Å². The van der Waals surface area contributed by atoms with Crippen molar-refractivity contribution in [3.05, 3.63) is 41.1 Å². The third-order valence-electron chi connectivity index (χ3n) is 5.78. The van der Waals surface area contributed by atoms with E-state index in [9.17, 15) is 4.79 Å². The third-order valence-corrected chi connectivity index (χ3v) is 5.78. The summed E-state index contributed by atoms with van der Waals surface area (Å²) in [5, 5.41) is 0. The predicted molar refractivity (Wildman–Crippen MR) is 117 cm³/mol. The number of rotatable bonds is 7. The summed E-state index contributed by atoms with van der Waals surface area (Å²) >= 11 is 0. The highest BCUT2D eigenvalue weighted by Gasteiger charge is 2.29. The van der Waals surface area contributed by atoms with E-state index in [0.717, 1.165) is 54.4 Å². The first kappa shape index (κ1) is 21.3. The van der Waals surface area contributed by atoms with Crippen molar-refractivity contribution in [2.24, 2.45) is 0 Å². The van der Waals surface area contributed by atoms with Crippen LogP contribution in [0.25, 0.3) is 11.3 Å². The Hall–Kier alpha value is -2.43. The Morgan fingerprint density at radius 2 is 1.79 bits per heavy atom. The summed E-state index contributed by atoms with van der Waals surface area (Å²) < 4.78 is 5.14. The SMILES string of the molecule is CCCC(C(=O)OC)c1c(C)nc(N2CCCC2)nc1-c1ccc(C(C)C)cc1. The van der Waals surface area contributed by atoms with Crippen LogP contribution in [-0.2, 0) is 9.53 Å². The quantitative estimate of drug-likeness (QED) is 0.601. The Morgan fingerprint density at radius 3 is 2.34 bits per heavy atom. The number of esters is 1. The van der Waals surface area contributed by atoms with Gasteiger partial charge in [-0.15, -0.1) is 0 Å². The van der Waals surface area contributed by atoms with Crippen LogP contribution in [0.15, 0.2) is 24.3 Å². The van der Waals surface area contributed by atoms with Gasteiger partial charge in [0.25, 0.3) is 0 Å². The normalized spacial score (nSPS) is 15.0. The lowest BCUT2D eigenvalue weighted by molar-refractivity contribution is -0.142. The van der Waals surface area contributed by atoms with Crippen molar-refractivity contribution < 1.29 is 9.53 Å². The van der Waals surface area contributed by atoms with Gasteiger partial charge in [-0.3, -0.25) is 4.79 Å². The first-order valence-electron chi connectivity index (χ1n) is 10.8. The van der Waals surface area contributed by atoms with Crippen LogP contribution in [0.4, 0.5) is 5.95 Å². The fraction of sp³-hybridized carbons (Fsp3) is 0.542. The number of hydrogen-bond donors (Lipinski definition) is 0. The minimum atomic E-state index is -0.350. The Morgan fingerprint density at radius 1 is 1.14 bits per heavy atom. The minimum absolute atomic E-state index is 0.215. The highest BCUT2D eigenvalue weighted by Crippen LogP contribution is 2.35. The maximum absolute atomic E-state index is 12.6. The second-order valence-electron chi connectivity index (χ2n) is 8.21. The Balaban J connectivity index is 2.16. The molecule has 0 spiro atoms. The van der Waals surface area contributed by atoms with E-state index in [2.05, 4.69) is 49.9 Å². The molecule has 1 fully saturated rings. The summed E-state index contributed by atoms with van der Waals surface area (Å²) in [6.45, 7) is 10.4. The van der Waals surface area contributed by atoms with E-state index in [1.54, 1.807) is 0 Å². The second-order valence-corrected chi connectivity index (χ2v) is 8.21. The van der Waals surface area contributed by atoms with Crippen LogP contribution in [0, 0.1) is 6.92 Å². The fourth-order valence-electron chi connectivity index (χ4n) is 4.10. The van der Waals surface area contributed by atoms with Gasteiger partial charge in [-0.1, -0.05) is 51.5 Å². The van der Waals surface area contributed by atoms with Gasteiger partial charge in [-0.25, -0.2) is 9.97 Å². The standard InChI is InChI=1S/C24H33N3O2/c1-6-9-20(23(28)29-5)21-17(4)25-24(27-14-7-8-15-27)26-22(21)19-12-10-18(11-13-19)16(2)3/h10-13,16,20H,6-9,14-15H2,1-5H3. The molecule has 3 rings (SSSR count). The molecule has 29 heavy (non-hydrogen) atoms. The van der Waals surface area contributed by atoms with Gasteiger partial charge in [-0.05, 0) is 37.7 Å². The summed E-state index contributed by atoms with van der Waals surface area (Å²) in [4.78, 5) is 24.7. The number of hydrogen-bond acceptors (Lipinski definition) is 5. The largest absolute Gasteiger partial charge is 0.469 e. The molecule has 0 amide bonds. The van der Waals surface area contributed by atoms with Crippen molar-refractivity contribution in [1.82, 2.24) is 9.97 Å². The molecule has 156 valence electrons. The second kappa shape index (κ2) is 9.38. The molecule has 1 aromatic carbocycles. The van der Waals surface area contributed by atoms with Crippen LogP contribution < -0.4 is 4.90 Å². The van der Waals surface area contributed by atoms with Crippen molar-refractivity contribution >= 4 is 11.9 Å². The number of ether oxygens (including phenoxy) is 1. The zero-order chi connectivity index (χ0) is 21.0. The Bertz CT molecular complexity index is 840. The van der Waals surface area contributed by atoms with Gasteiger partial charge in [0.2, 0.25) is 5.95 Å². The van der Waals surface area contributed by atoms with Gasteiger partial charge >= 0.3 is 5.97 Å². The summed E-state index contributed by atoms with van der Waals surface area (Å²) in [6, 6.07) is 8.55. The molecule has 0 bridgehead atoms. The number of aryl methyl sites for hydroxylation is 1. The topological polar surface area (TPSA) is 55.3 Å². The predicted octanol–water partition coefficient (Wildman–Crippen LogP) is 5.23. The third kappa shape index (κ3) is 4.60. The van der Waals surface area contributed by atoms with Crippen molar-refractivity contribution in [2.75, 3.05) is 25.1 Å². The van der Waals surface area contributed by atoms with Crippen LogP contribution in [0.3, 0.4) is 0 Å². The molecule has 0 aliphatic carbocycles. The number of aromatic nitrogens is 2. The van der Waals surface area contributed by atoms with Gasteiger partial charge in [0, 0.05) is 29.9 Å². The monoisotopic (exact) mass is 395 g/mol. The van der Waals surface area contributed by atoms with Crippen molar-refractivity contribution in [1.29, 1.82) is 0 Å². The van der Waals surface area contributed by atoms with Crippen LogP contribution in [-0.4, -0.2) is 36.1 Å². The Labute approximate surface area is 174 Å². The lowest BCUT2D eigenvalue weighted by atomic mass is 9.89. The average Bonchev–Trinajstić information content (AvgIpc) is 3.26. The molecule has 1 atom stereocenters. The number of benzene rings is 1. The van der Waals surface area contributed by atoms with Crippen molar-refractivity contribution in [2.45, 2.75) is 65.2 Å². The fourth-order valence-corrected chi connectivity index (χ4v) is 4.10. The van der Waals surface area contributed by atoms with Crippen LogP contribution in [0.2, 0.25) is 0 Å². The van der Waals surface area contributed by atoms with E-state index in [-0.39, 0.29) is 11.9 Å². The molecule has 2 heterocycles. The van der Waals surface area contributed by atoms with Gasteiger partial charge in [-0.2, -0.15) is 0 Å². The summed E-state index contributed by atoms with van der Waals surface area (Å²) in [5.41, 5.74) is 4.95. The summed E-state index contributed by atoms with van der Waals surface area (Å²) in [5.74, 6) is 0.676. The molecular formula is C24H33N3O2. The number of carbonyl (C=O) groups is 1. The average molecular weight is 396 g/mol. The summed E-state index contributed by atoms with van der Waals surface area (Å²) in [7, 11) is 1.46. The lowest BCUT2D eigenvalue weighted by Gasteiger charge is -2.23. The van der Waals surface area contributed by atoms with Crippen LogP contribution in [0.5, 0.6) is 0 Å². The number of nitrogens with zero attached hydrogens (tertiary/aromatic N) is 3. The summed E-state index contributed by atoms with van der Waals surface area (Å²) in [6.07, 6.45) is 3.95. The molecule has 1 aliphatic rings.